The SMILES string of the molecule is CC(C)OC(=O)CC(C)C1CCCNC1. The average molecular weight is 213 g/mol. The Morgan fingerprint density at radius 2 is 2.20 bits per heavy atom. The van der Waals surface area contributed by atoms with Crippen molar-refractivity contribution in [2.75, 3.05) is 13.1 Å². The lowest BCUT2D eigenvalue weighted by atomic mass is 9.85. The molecule has 1 N–H and O–H groups in total. The van der Waals surface area contributed by atoms with E-state index in [1.54, 1.807) is 0 Å². The quantitative estimate of drug-likeness (QED) is 0.726. The Labute approximate surface area is 92.6 Å². The molecule has 1 aliphatic heterocycles. The van der Waals surface area contributed by atoms with Crippen molar-refractivity contribution in [1.82, 2.24) is 5.32 Å². The molecule has 0 aliphatic carbocycles. The third-order valence-electron chi connectivity index (χ3n) is 3.00. The van der Waals surface area contributed by atoms with Crippen molar-refractivity contribution >= 4 is 5.97 Å². The van der Waals surface area contributed by atoms with Crippen LogP contribution >= 0.6 is 0 Å². The molecule has 0 aromatic heterocycles. The van der Waals surface area contributed by atoms with E-state index in [2.05, 4.69) is 12.2 Å². The van der Waals surface area contributed by atoms with Gasteiger partial charge in [-0.1, -0.05) is 6.92 Å². The maximum atomic E-state index is 11.5. The zero-order valence-electron chi connectivity index (χ0n) is 10.1. The van der Waals surface area contributed by atoms with Gasteiger partial charge in [0.1, 0.15) is 0 Å². The predicted octanol–water partition coefficient (Wildman–Crippen LogP) is 1.96. The molecule has 0 amide bonds. The van der Waals surface area contributed by atoms with E-state index >= 15 is 0 Å². The maximum Gasteiger partial charge on any atom is 0.306 e. The third kappa shape index (κ3) is 4.65. The lowest BCUT2D eigenvalue weighted by Crippen LogP contribution is -2.34. The van der Waals surface area contributed by atoms with Gasteiger partial charge in [0, 0.05) is 6.42 Å². The lowest BCUT2D eigenvalue weighted by Gasteiger charge is -2.27. The first-order valence-electron chi connectivity index (χ1n) is 5.99. The van der Waals surface area contributed by atoms with E-state index in [-0.39, 0.29) is 12.1 Å². The number of carbonyl (C=O) groups is 1. The summed E-state index contributed by atoms with van der Waals surface area (Å²) >= 11 is 0. The number of hydrogen-bond acceptors (Lipinski definition) is 3. The van der Waals surface area contributed by atoms with Crippen LogP contribution in [-0.2, 0) is 9.53 Å². The standard InChI is InChI=1S/C12H23NO2/c1-9(2)15-12(14)7-10(3)11-5-4-6-13-8-11/h9-11,13H,4-8H2,1-3H3. The molecule has 2 atom stereocenters. The molecule has 1 aliphatic rings. The van der Waals surface area contributed by atoms with Crippen LogP contribution in [0.2, 0.25) is 0 Å². The molecule has 0 aromatic carbocycles. The molecule has 88 valence electrons. The molecule has 0 spiro atoms. The van der Waals surface area contributed by atoms with Gasteiger partial charge < -0.3 is 10.1 Å². The molecule has 0 radical (unpaired) electrons. The van der Waals surface area contributed by atoms with Crippen LogP contribution in [0.25, 0.3) is 0 Å². The second-order valence-electron chi connectivity index (χ2n) is 4.83. The summed E-state index contributed by atoms with van der Waals surface area (Å²) < 4.78 is 5.15. The minimum Gasteiger partial charge on any atom is -0.463 e. The molecule has 2 unspecified atom stereocenters. The zero-order valence-corrected chi connectivity index (χ0v) is 10.1. The van der Waals surface area contributed by atoms with Crippen molar-refractivity contribution in [2.45, 2.75) is 46.1 Å². The largest absolute Gasteiger partial charge is 0.463 e. The molecule has 0 saturated carbocycles. The smallest absolute Gasteiger partial charge is 0.306 e. The summed E-state index contributed by atoms with van der Waals surface area (Å²) in [5.41, 5.74) is 0. The van der Waals surface area contributed by atoms with E-state index < -0.39 is 0 Å². The number of nitrogens with one attached hydrogen (secondary N) is 1. The zero-order chi connectivity index (χ0) is 11.3. The van der Waals surface area contributed by atoms with Gasteiger partial charge in [0.2, 0.25) is 0 Å². The van der Waals surface area contributed by atoms with E-state index in [0.29, 0.717) is 18.3 Å². The Balaban J connectivity index is 2.27. The van der Waals surface area contributed by atoms with Crippen molar-refractivity contribution in [3.8, 4) is 0 Å². The highest BCUT2D eigenvalue weighted by atomic mass is 16.5. The van der Waals surface area contributed by atoms with Crippen molar-refractivity contribution in [3.63, 3.8) is 0 Å². The van der Waals surface area contributed by atoms with Crippen molar-refractivity contribution in [2.24, 2.45) is 11.8 Å². The predicted molar refractivity (Wildman–Crippen MR) is 60.6 cm³/mol. The first-order chi connectivity index (χ1) is 7.09. The number of ether oxygens (including phenoxy) is 1. The molecule has 0 bridgehead atoms. The molecule has 3 nitrogen and oxygen atoms in total. The van der Waals surface area contributed by atoms with Gasteiger partial charge >= 0.3 is 5.97 Å². The number of piperidine rings is 1. The van der Waals surface area contributed by atoms with E-state index in [1.165, 1.54) is 12.8 Å². The van der Waals surface area contributed by atoms with Crippen LogP contribution in [-0.4, -0.2) is 25.2 Å². The molecular formula is C12H23NO2. The fourth-order valence-corrected chi connectivity index (χ4v) is 2.11. The van der Waals surface area contributed by atoms with Gasteiger partial charge in [-0.15, -0.1) is 0 Å². The Morgan fingerprint density at radius 1 is 1.47 bits per heavy atom. The molecule has 1 rings (SSSR count). The van der Waals surface area contributed by atoms with Crippen LogP contribution in [0.4, 0.5) is 0 Å². The normalized spacial score (nSPS) is 23.9. The van der Waals surface area contributed by atoms with Crippen LogP contribution in [0.5, 0.6) is 0 Å². The first-order valence-corrected chi connectivity index (χ1v) is 5.99. The van der Waals surface area contributed by atoms with Gasteiger partial charge in [0.05, 0.1) is 6.10 Å². The highest BCUT2D eigenvalue weighted by Crippen LogP contribution is 2.22. The monoisotopic (exact) mass is 213 g/mol. The Hall–Kier alpha value is -0.570. The summed E-state index contributed by atoms with van der Waals surface area (Å²) in [5.74, 6) is 1.02. The summed E-state index contributed by atoms with van der Waals surface area (Å²) in [5, 5.41) is 3.38. The van der Waals surface area contributed by atoms with Gasteiger partial charge in [0.15, 0.2) is 0 Å². The van der Waals surface area contributed by atoms with Gasteiger partial charge in [-0.3, -0.25) is 4.79 Å². The summed E-state index contributed by atoms with van der Waals surface area (Å²) in [6.07, 6.45) is 3.04. The van der Waals surface area contributed by atoms with Crippen molar-refractivity contribution in [3.05, 3.63) is 0 Å². The maximum absolute atomic E-state index is 11.5. The Morgan fingerprint density at radius 3 is 2.73 bits per heavy atom. The Bertz CT molecular complexity index is 198. The highest BCUT2D eigenvalue weighted by molar-refractivity contribution is 5.69. The number of rotatable bonds is 4. The van der Waals surface area contributed by atoms with Gasteiger partial charge in [-0.25, -0.2) is 0 Å². The van der Waals surface area contributed by atoms with Crippen LogP contribution in [0.15, 0.2) is 0 Å². The topological polar surface area (TPSA) is 38.3 Å². The average Bonchev–Trinajstić information content (AvgIpc) is 2.17. The van der Waals surface area contributed by atoms with Crippen molar-refractivity contribution < 1.29 is 9.53 Å². The first kappa shape index (κ1) is 12.5. The van der Waals surface area contributed by atoms with Crippen LogP contribution in [0.1, 0.15) is 40.0 Å². The van der Waals surface area contributed by atoms with E-state index in [4.69, 9.17) is 4.74 Å². The lowest BCUT2D eigenvalue weighted by molar-refractivity contribution is -0.148. The fraction of sp³-hybridized carbons (Fsp3) is 0.917. The molecule has 0 aromatic rings. The Kier molecular flexibility index (Phi) is 5.09. The van der Waals surface area contributed by atoms with E-state index in [9.17, 15) is 4.79 Å². The molecule has 3 heteroatoms. The second kappa shape index (κ2) is 6.11. The van der Waals surface area contributed by atoms with Gasteiger partial charge in [0.25, 0.3) is 0 Å². The minimum atomic E-state index is -0.0527. The summed E-state index contributed by atoms with van der Waals surface area (Å²) in [6, 6.07) is 0. The second-order valence-corrected chi connectivity index (χ2v) is 4.83. The van der Waals surface area contributed by atoms with Crippen LogP contribution < -0.4 is 5.32 Å². The number of carbonyl (C=O) groups excluding carboxylic acids is 1. The third-order valence-corrected chi connectivity index (χ3v) is 3.00. The van der Waals surface area contributed by atoms with Crippen LogP contribution in [0.3, 0.4) is 0 Å². The molecule has 1 saturated heterocycles. The molecular weight excluding hydrogens is 190 g/mol. The summed E-state index contributed by atoms with van der Waals surface area (Å²) in [6.45, 7) is 8.12. The number of esters is 1. The van der Waals surface area contributed by atoms with E-state index in [0.717, 1.165) is 13.1 Å². The van der Waals surface area contributed by atoms with Crippen molar-refractivity contribution in [1.29, 1.82) is 0 Å². The minimum absolute atomic E-state index is 0.00850. The molecule has 1 heterocycles. The fourth-order valence-electron chi connectivity index (χ4n) is 2.11. The summed E-state index contributed by atoms with van der Waals surface area (Å²) in [7, 11) is 0. The highest BCUT2D eigenvalue weighted by Gasteiger charge is 2.22. The van der Waals surface area contributed by atoms with Crippen LogP contribution in [0, 0.1) is 11.8 Å². The molecule has 15 heavy (non-hydrogen) atoms. The summed E-state index contributed by atoms with van der Waals surface area (Å²) in [4.78, 5) is 11.5. The molecule has 1 fully saturated rings. The number of hydrogen-bond donors (Lipinski definition) is 1. The van der Waals surface area contributed by atoms with Gasteiger partial charge in [-0.05, 0) is 51.6 Å². The van der Waals surface area contributed by atoms with E-state index in [1.807, 2.05) is 13.8 Å². The van der Waals surface area contributed by atoms with Gasteiger partial charge in [-0.2, -0.15) is 0 Å².